The monoisotopic (exact) mass is 316 g/mol. The minimum absolute atomic E-state index is 0.257. The highest BCUT2D eigenvalue weighted by Gasteiger charge is 2.15. The van der Waals surface area contributed by atoms with E-state index in [1.165, 1.54) is 16.8 Å². The van der Waals surface area contributed by atoms with E-state index in [9.17, 15) is 9.59 Å². The van der Waals surface area contributed by atoms with Crippen molar-refractivity contribution in [1.82, 2.24) is 19.9 Å². The largest absolute Gasteiger partial charge is 0.348 e. The van der Waals surface area contributed by atoms with Crippen molar-refractivity contribution in [1.29, 1.82) is 0 Å². The fraction of sp³-hybridized carbons (Fsp3) is 0.133. The lowest BCUT2D eigenvalue weighted by molar-refractivity contribution is 0.0952. The lowest BCUT2D eigenvalue weighted by Crippen LogP contribution is -2.23. The third-order valence-corrected chi connectivity index (χ3v) is 3.64. The lowest BCUT2D eigenvalue weighted by Gasteiger charge is -2.06. The molecule has 2 N–H and O–H groups in total. The lowest BCUT2D eigenvalue weighted by atomic mass is 10.2. The quantitative estimate of drug-likeness (QED) is 0.774. The molecule has 0 unspecified atom stereocenters. The second kappa shape index (κ2) is 5.65. The minimum Gasteiger partial charge on any atom is -0.348 e. The Morgan fingerprint density at radius 3 is 2.95 bits per heavy atom. The van der Waals surface area contributed by atoms with Gasteiger partial charge in [0.1, 0.15) is 5.56 Å². The van der Waals surface area contributed by atoms with Crippen molar-refractivity contribution < 1.29 is 4.79 Å². The summed E-state index contributed by atoms with van der Waals surface area (Å²) in [7, 11) is 0. The molecule has 1 aromatic carbocycles. The van der Waals surface area contributed by atoms with Crippen LogP contribution in [0.2, 0.25) is 5.02 Å². The van der Waals surface area contributed by atoms with Crippen molar-refractivity contribution in [3.8, 4) is 0 Å². The topological polar surface area (TPSA) is 79.3 Å². The van der Waals surface area contributed by atoms with Gasteiger partial charge in [-0.3, -0.25) is 14.7 Å². The van der Waals surface area contributed by atoms with Crippen LogP contribution < -0.4 is 10.9 Å². The summed E-state index contributed by atoms with van der Waals surface area (Å²) < 4.78 is 1.23. The predicted molar refractivity (Wildman–Crippen MR) is 83.2 cm³/mol. The second-order valence-corrected chi connectivity index (χ2v) is 5.26. The summed E-state index contributed by atoms with van der Waals surface area (Å²) in [5.74, 6) is -0.323. The number of aryl methyl sites for hydroxylation is 1. The first-order chi connectivity index (χ1) is 10.6. The molecule has 0 atom stereocenters. The van der Waals surface area contributed by atoms with Crippen LogP contribution in [0.4, 0.5) is 0 Å². The number of nitrogens with zero attached hydrogens (tertiary/aromatic N) is 2. The van der Waals surface area contributed by atoms with Crippen LogP contribution >= 0.6 is 11.6 Å². The molecule has 0 aliphatic rings. The van der Waals surface area contributed by atoms with Gasteiger partial charge < -0.3 is 5.32 Å². The van der Waals surface area contributed by atoms with Gasteiger partial charge in [0.25, 0.3) is 11.5 Å². The number of hydrogen-bond acceptors (Lipinski definition) is 3. The van der Waals surface area contributed by atoms with E-state index in [1.807, 2.05) is 18.2 Å². The zero-order valence-corrected chi connectivity index (χ0v) is 12.5. The van der Waals surface area contributed by atoms with E-state index in [1.54, 1.807) is 13.0 Å². The van der Waals surface area contributed by atoms with Gasteiger partial charge in [-0.1, -0.05) is 29.8 Å². The van der Waals surface area contributed by atoms with Crippen LogP contribution in [0, 0.1) is 6.92 Å². The van der Waals surface area contributed by atoms with Crippen molar-refractivity contribution >= 4 is 23.2 Å². The number of benzene rings is 1. The van der Waals surface area contributed by atoms with Crippen LogP contribution in [0.25, 0.3) is 5.65 Å². The molecule has 2 aromatic heterocycles. The SMILES string of the molecule is Cc1cc(=O)n2[nH]cc(C(=O)NCc3ccccc3Cl)c2n1. The molecular weight excluding hydrogens is 304 g/mol. The van der Waals surface area contributed by atoms with Gasteiger partial charge in [-0.2, -0.15) is 0 Å². The van der Waals surface area contributed by atoms with Gasteiger partial charge in [-0.25, -0.2) is 9.50 Å². The highest BCUT2D eigenvalue weighted by Crippen LogP contribution is 2.15. The summed E-state index contributed by atoms with van der Waals surface area (Å²) in [6.07, 6.45) is 1.46. The maximum Gasteiger partial charge on any atom is 0.272 e. The highest BCUT2D eigenvalue weighted by molar-refractivity contribution is 6.31. The van der Waals surface area contributed by atoms with E-state index in [-0.39, 0.29) is 11.5 Å². The number of aromatic nitrogens is 3. The predicted octanol–water partition coefficient (Wildman–Crippen LogP) is 1.91. The molecule has 6 nitrogen and oxygen atoms in total. The summed E-state index contributed by atoms with van der Waals surface area (Å²) in [5.41, 5.74) is 1.74. The van der Waals surface area contributed by atoms with E-state index >= 15 is 0 Å². The third kappa shape index (κ3) is 2.60. The van der Waals surface area contributed by atoms with Crippen molar-refractivity contribution in [2.24, 2.45) is 0 Å². The number of nitrogens with one attached hydrogen (secondary N) is 2. The maximum absolute atomic E-state index is 12.3. The molecule has 0 saturated heterocycles. The van der Waals surface area contributed by atoms with E-state index in [2.05, 4.69) is 15.4 Å². The number of halogens is 1. The number of aromatic amines is 1. The van der Waals surface area contributed by atoms with Gasteiger partial charge in [0.2, 0.25) is 0 Å². The molecule has 7 heteroatoms. The molecule has 3 rings (SSSR count). The van der Waals surface area contributed by atoms with Crippen LogP contribution in [0.3, 0.4) is 0 Å². The first-order valence-electron chi connectivity index (χ1n) is 6.65. The summed E-state index contributed by atoms with van der Waals surface area (Å²) in [6.45, 7) is 2.01. The minimum atomic E-state index is -0.323. The van der Waals surface area contributed by atoms with Crippen molar-refractivity contribution in [2.45, 2.75) is 13.5 Å². The van der Waals surface area contributed by atoms with Crippen LogP contribution in [0.1, 0.15) is 21.6 Å². The average molecular weight is 317 g/mol. The average Bonchev–Trinajstić information content (AvgIpc) is 2.90. The molecule has 0 saturated carbocycles. The molecule has 0 bridgehead atoms. The fourth-order valence-electron chi connectivity index (χ4n) is 2.18. The van der Waals surface area contributed by atoms with Gasteiger partial charge in [0.05, 0.1) is 0 Å². The number of carbonyl (C=O) groups is 1. The van der Waals surface area contributed by atoms with E-state index in [0.717, 1.165) is 5.56 Å². The molecule has 2 heterocycles. The Morgan fingerprint density at radius 1 is 1.41 bits per heavy atom. The molecule has 0 aliphatic carbocycles. The van der Waals surface area contributed by atoms with Crippen molar-refractivity contribution in [2.75, 3.05) is 0 Å². The summed E-state index contributed by atoms with van der Waals surface area (Å²) >= 11 is 6.05. The number of hydrogen-bond donors (Lipinski definition) is 2. The Labute approximate surface area is 130 Å². The summed E-state index contributed by atoms with van der Waals surface area (Å²) in [4.78, 5) is 28.3. The molecule has 0 aliphatic heterocycles. The zero-order valence-electron chi connectivity index (χ0n) is 11.8. The van der Waals surface area contributed by atoms with Gasteiger partial charge in [0, 0.05) is 29.5 Å². The van der Waals surface area contributed by atoms with Gasteiger partial charge in [-0.15, -0.1) is 0 Å². The van der Waals surface area contributed by atoms with E-state index in [4.69, 9.17) is 11.6 Å². The Morgan fingerprint density at radius 2 is 2.18 bits per heavy atom. The van der Waals surface area contributed by atoms with Gasteiger partial charge in [-0.05, 0) is 18.6 Å². The molecule has 1 amide bonds. The first kappa shape index (κ1) is 14.3. The number of carbonyl (C=O) groups excluding carboxylic acids is 1. The standard InChI is InChI=1S/C15H13ClN4O2/c1-9-6-13(21)20-14(19-9)11(8-18-20)15(22)17-7-10-4-2-3-5-12(10)16/h2-6,8,18H,7H2,1H3,(H,17,22). The van der Waals surface area contributed by atoms with Crippen LogP contribution in [0.15, 0.2) is 41.3 Å². The molecular formula is C15H13ClN4O2. The highest BCUT2D eigenvalue weighted by atomic mass is 35.5. The number of fused-ring (bicyclic) bond motifs is 1. The summed E-state index contributed by atoms with van der Waals surface area (Å²) in [6, 6.07) is 8.68. The molecule has 3 aromatic rings. The Hall–Kier alpha value is -2.60. The second-order valence-electron chi connectivity index (χ2n) is 4.86. The van der Waals surface area contributed by atoms with Gasteiger partial charge >= 0.3 is 0 Å². The Kier molecular flexibility index (Phi) is 3.68. The van der Waals surface area contributed by atoms with Crippen LogP contribution in [-0.4, -0.2) is 20.5 Å². The van der Waals surface area contributed by atoms with Crippen molar-refractivity contribution in [3.05, 3.63) is 68.7 Å². The summed E-state index contributed by atoms with van der Waals surface area (Å²) in [5, 5.41) is 6.09. The molecule has 0 radical (unpaired) electrons. The molecule has 112 valence electrons. The van der Waals surface area contributed by atoms with Gasteiger partial charge in [0.15, 0.2) is 5.65 Å². The van der Waals surface area contributed by atoms with Crippen LogP contribution in [0.5, 0.6) is 0 Å². The number of rotatable bonds is 3. The smallest absolute Gasteiger partial charge is 0.272 e. The Bertz CT molecular complexity index is 913. The van der Waals surface area contributed by atoms with Crippen LogP contribution in [-0.2, 0) is 6.54 Å². The van der Waals surface area contributed by atoms with E-state index < -0.39 is 0 Å². The molecule has 0 spiro atoms. The Balaban J connectivity index is 1.87. The maximum atomic E-state index is 12.3. The number of amides is 1. The normalized spacial score (nSPS) is 10.8. The van der Waals surface area contributed by atoms with Crippen molar-refractivity contribution in [3.63, 3.8) is 0 Å². The van der Waals surface area contributed by atoms with E-state index in [0.29, 0.717) is 28.5 Å². The number of H-pyrrole nitrogens is 1. The third-order valence-electron chi connectivity index (χ3n) is 3.27. The first-order valence-corrected chi connectivity index (χ1v) is 7.03. The molecule has 22 heavy (non-hydrogen) atoms. The fourth-order valence-corrected chi connectivity index (χ4v) is 2.38. The zero-order chi connectivity index (χ0) is 15.7. The molecule has 0 fully saturated rings.